The summed E-state index contributed by atoms with van der Waals surface area (Å²) in [5, 5.41) is 1.59. The molecule has 0 bridgehead atoms. The van der Waals surface area contributed by atoms with E-state index in [4.69, 9.17) is 11.6 Å². The van der Waals surface area contributed by atoms with Gasteiger partial charge < -0.3 is 4.90 Å². The topological polar surface area (TPSA) is 20.3 Å². The largest absolute Gasteiger partial charge is 0.342 e. The number of carbonyl (C=O) groups is 1. The molecule has 0 aliphatic rings. The molecule has 0 aliphatic carbocycles. The summed E-state index contributed by atoms with van der Waals surface area (Å²) < 4.78 is 0.825. The molecule has 5 heteroatoms. The molecule has 0 heterocycles. The highest BCUT2D eigenvalue weighted by Gasteiger charge is 2.12. The molecule has 0 unspecified atom stereocenters. The van der Waals surface area contributed by atoms with Crippen molar-refractivity contribution < 1.29 is 4.79 Å². The van der Waals surface area contributed by atoms with Gasteiger partial charge in [0, 0.05) is 34.0 Å². The van der Waals surface area contributed by atoms with Crippen molar-refractivity contribution in [2.75, 3.05) is 18.9 Å². The third kappa shape index (κ3) is 5.29. The van der Waals surface area contributed by atoms with E-state index in [0.717, 1.165) is 35.6 Å². The van der Waals surface area contributed by atoms with Gasteiger partial charge in [0.2, 0.25) is 0 Å². The van der Waals surface area contributed by atoms with Gasteiger partial charge in [-0.3, -0.25) is 4.79 Å². The fourth-order valence-electron chi connectivity index (χ4n) is 1.62. The van der Waals surface area contributed by atoms with Gasteiger partial charge in [-0.15, -0.1) is 0 Å². The summed E-state index contributed by atoms with van der Waals surface area (Å²) >= 11 is 12.7. The molecule has 1 aromatic carbocycles. The molecule has 0 spiro atoms. The average Bonchev–Trinajstić information content (AvgIpc) is 2.32. The summed E-state index contributed by atoms with van der Waals surface area (Å²) in [6.07, 6.45) is 3.29. The van der Waals surface area contributed by atoms with Crippen LogP contribution in [-0.2, 0) is 0 Å². The number of hydrogen-bond acceptors (Lipinski definition) is 1. The minimum Gasteiger partial charge on any atom is -0.342 e. The van der Waals surface area contributed by atoms with Crippen LogP contribution in [0.1, 0.15) is 29.6 Å². The Morgan fingerprint density at radius 1 is 1.28 bits per heavy atom. The second-order valence-electron chi connectivity index (χ2n) is 4.13. The predicted octanol–water partition coefficient (Wildman–Crippen LogP) is 4.74. The molecule has 1 aromatic rings. The Kier molecular flexibility index (Phi) is 7.27. The highest BCUT2D eigenvalue weighted by molar-refractivity contribution is 9.10. The normalized spacial score (nSPS) is 10.4. The van der Waals surface area contributed by atoms with Crippen molar-refractivity contribution >= 4 is 49.4 Å². The molecular weight excluding hydrogens is 381 g/mol. The monoisotopic (exact) mass is 395 g/mol. The molecule has 0 saturated carbocycles. The first kappa shape index (κ1) is 16.0. The molecular formula is C13H16Br2ClNO. The lowest BCUT2D eigenvalue weighted by Gasteiger charge is -2.17. The quantitative estimate of drug-likeness (QED) is 0.502. The van der Waals surface area contributed by atoms with Crippen molar-refractivity contribution in [1.82, 2.24) is 4.90 Å². The number of alkyl halides is 1. The van der Waals surface area contributed by atoms with Crippen LogP contribution < -0.4 is 0 Å². The van der Waals surface area contributed by atoms with Crippen LogP contribution >= 0.6 is 43.5 Å². The molecule has 0 atom stereocenters. The summed E-state index contributed by atoms with van der Waals surface area (Å²) in [4.78, 5) is 13.9. The minimum absolute atomic E-state index is 0.0112. The standard InChI is InChI=1S/C13H16Br2ClNO/c1-17(6-4-2-3-5-14)13(18)10-7-11(15)9-12(16)8-10/h7-9H,2-6H2,1H3. The number of nitrogens with zero attached hydrogens (tertiary/aromatic N) is 1. The zero-order valence-corrected chi connectivity index (χ0v) is 14.2. The van der Waals surface area contributed by atoms with Crippen molar-refractivity contribution in [1.29, 1.82) is 0 Å². The number of rotatable bonds is 6. The number of amides is 1. The van der Waals surface area contributed by atoms with Crippen LogP contribution in [0.15, 0.2) is 22.7 Å². The van der Waals surface area contributed by atoms with Gasteiger partial charge in [0.05, 0.1) is 0 Å². The van der Waals surface area contributed by atoms with E-state index in [1.54, 1.807) is 23.1 Å². The van der Waals surface area contributed by atoms with Gasteiger partial charge in [0.15, 0.2) is 0 Å². The van der Waals surface area contributed by atoms with Gasteiger partial charge in [-0.1, -0.05) is 49.9 Å². The first-order valence-corrected chi connectivity index (χ1v) is 8.11. The van der Waals surface area contributed by atoms with Gasteiger partial charge in [-0.25, -0.2) is 0 Å². The Morgan fingerprint density at radius 2 is 2.00 bits per heavy atom. The maximum atomic E-state index is 12.2. The lowest BCUT2D eigenvalue weighted by molar-refractivity contribution is 0.0792. The highest BCUT2D eigenvalue weighted by Crippen LogP contribution is 2.20. The number of halogens is 3. The molecule has 18 heavy (non-hydrogen) atoms. The van der Waals surface area contributed by atoms with Gasteiger partial charge in [-0.2, -0.15) is 0 Å². The average molecular weight is 398 g/mol. The zero-order valence-electron chi connectivity index (χ0n) is 10.3. The maximum absolute atomic E-state index is 12.2. The Hall–Kier alpha value is -0.0600. The van der Waals surface area contributed by atoms with Crippen molar-refractivity contribution in [2.24, 2.45) is 0 Å². The highest BCUT2D eigenvalue weighted by atomic mass is 79.9. The van der Waals surface area contributed by atoms with Gasteiger partial charge >= 0.3 is 0 Å². The lowest BCUT2D eigenvalue weighted by atomic mass is 10.2. The third-order valence-corrected chi connectivity index (χ3v) is 3.82. The van der Waals surface area contributed by atoms with Crippen LogP contribution in [0.2, 0.25) is 5.02 Å². The smallest absolute Gasteiger partial charge is 0.253 e. The number of unbranched alkanes of at least 4 members (excludes halogenated alkanes) is 2. The summed E-state index contributed by atoms with van der Waals surface area (Å²) in [6, 6.07) is 5.27. The fraction of sp³-hybridized carbons (Fsp3) is 0.462. The van der Waals surface area contributed by atoms with E-state index in [0.29, 0.717) is 10.6 Å². The molecule has 0 fully saturated rings. The third-order valence-electron chi connectivity index (χ3n) is 2.58. The van der Waals surface area contributed by atoms with E-state index in [9.17, 15) is 4.79 Å². The first-order valence-electron chi connectivity index (χ1n) is 5.82. The predicted molar refractivity (Wildman–Crippen MR) is 83.8 cm³/mol. The summed E-state index contributed by atoms with van der Waals surface area (Å²) in [5.41, 5.74) is 0.623. The van der Waals surface area contributed by atoms with Crippen molar-refractivity contribution in [3.63, 3.8) is 0 Å². The van der Waals surface area contributed by atoms with Crippen LogP contribution in [-0.4, -0.2) is 29.7 Å². The van der Waals surface area contributed by atoms with Crippen LogP contribution in [0.3, 0.4) is 0 Å². The summed E-state index contributed by atoms with van der Waals surface area (Å²) in [6.45, 7) is 0.774. The molecule has 1 amide bonds. The zero-order chi connectivity index (χ0) is 13.5. The van der Waals surface area contributed by atoms with E-state index in [1.165, 1.54) is 0 Å². The van der Waals surface area contributed by atoms with Gasteiger partial charge in [-0.05, 0) is 31.0 Å². The van der Waals surface area contributed by atoms with E-state index in [2.05, 4.69) is 31.9 Å². The van der Waals surface area contributed by atoms with Crippen LogP contribution in [0.25, 0.3) is 0 Å². The second-order valence-corrected chi connectivity index (χ2v) is 6.28. The molecule has 100 valence electrons. The van der Waals surface area contributed by atoms with Crippen molar-refractivity contribution in [2.45, 2.75) is 19.3 Å². The Labute approximate surface area is 130 Å². The van der Waals surface area contributed by atoms with Crippen molar-refractivity contribution in [3.05, 3.63) is 33.3 Å². The molecule has 0 saturated heterocycles. The number of carbonyl (C=O) groups excluding carboxylic acids is 1. The first-order chi connectivity index (χ1) is 8.54. The molecule has 0 aliphatic heterocycles. The van der Waals surface area contributed by atoms with E-state index in [1.807, 2.05) is 7.05 Å². The molecule has 0 N–H and O–H groups in total. The molecule has 1 rings (SSSR count). The minimum atomic E-state index is 0.0112. The SMILES string of the molecule is CN(CCCCCBr)C(=O)c1cc(Cl)cc(Br)c1. The maximum Gasteiger partial charge on any atom is 0.253 e. The number of benzene rings is 1. The van der Waals surface area contributed by atoms with Crippen LogP contribution in [0.5, 0.6) is 0 Å². The fourth-order valence-corrected chi connectivity index (χ4v) is 2.88. The van der Waals surface area contributed by atoms with Crippen molar-refractivity contribution in [3.8, 4) is 0 Å². The molecule has 2 nitrogen and oxygen atoms in total. The molecule has 0 radical (unpaired) electrons. The van der Waals surface area contributed by atoms with E-state index < -0.39 is 0 Å². The molecule has 0 aromatic heterocycles. The second kappa shape index (κ2) is 8.18. The Bertz CT molecular complexity index is 392. The summed E-state index contributed by atoms with van der Waals surface area (Å²) in [5.74, 6) is 0.0112. The van der Waals surface area contributed by atoms with Gasteiger partial charge in [0.1, 0.15) is 0 Å². The summed E-state index contributed by atoms with van der Waals surface area (Å²) in [7, 11) is 1.82. The lowest BCUT2D eigenvalue weighted by Crippen LogP contribution is -2.27. The van der Waals surface area contributed by atoms with Gasteiger partial charge in [0.25, 0.3) is 5.91 Å². The van der Waals surface area contributed by atoms with Crippen LogP contribution in [0.4, 0.5) is 0 Å². The Morgan fingerprint density at radius 3 is 2.61 bits per heavy atom. The van der Waals surface area contributed by atoms with Crippen LogP contribution in [0, 0.1) is 0 Å². The van der Waals surface area contributed by atoms with E-state index >= 15 is 0 Å². The Balaban J connectivity index is 2.57. The van der Waals surface area contributed by atoms with E-state index in [-0.39, 0.29) is 5.91 Å². The number of hydrogen-bond donors (Lipinski definition) is 0.